The molecule has 0 heteroatoms. The highest BCUT2D eigenvalue weighted by Gasteiger charge is 1.95. The minimum Gasteiger partial charge on any atom is -0.0654 e. The summed E-state index contributed by atoms with van der Waals surface area (Å²) in [6.45, 7) is 4.55. The molecule has 0 amide bonds. The van der Waals surface area contributed by atoms with E-state index in [-0.39, 0.29) is 0 Å². The Bertz CT molecular complexity index is 186. The lowest BCUT2D eigenvalue weighted by atomic mass is 10.0. The standard InChI is InChI=1S/C25H51/c1-3-5-7-9-11-13-15-17-19-21-23-25-24-22-20-18-16-14-12-10-8-6-4-2/h5H,3-4,6-25H2,1-2H3. The largest absolute Gasteiger partial charge is 0.0654 e. The molecule has 0 aromatic rings. The average Bonchev–Trinajstić information content (AvgIpc) is 2.63. The van der Waals surface area contributed by atoms with Crippen LogP contribution in [0.25, 0.3) is 0 Å². The summed E-state index contributed by atoms with van der Waals surface area (Å²) in [4.78, 5) is 0. The SMILES string of the molecule is CC[CH]CCCCCCCCCCCCCCCCCCCCCC. The molecule has 0 aliphatic carbocycles. The molecule has 0 saturated carbocycles. The van der Waals surface area contributed by atoms with Crippen LogP contribution in [0.4, 0.5) is 0 Å². The van der Waals surface area contributed by atoms with Gasteiger partial charge < -0.3 is 0 Å². The molecule has 0 unspecified atom stereocenters. The quantitative estimate of drug-likeness (QED) is 0.170. The highest BCUT2D eigenvalue weighted by molar-refractivity contribution is 4.60. The van der Waals surface area contributed by atoms with Crippen molar-refractivity contribution in [3.63, 3.8) is 0 Å². The topological polar surface area (TPSA) is 0 Å². The summed E-state index contributed by atoms with van der Waals surface area (Å²) >= 11 is 0. The molecular weight excluding hydrogens is 300 g/mol. The van der Waals surface area contributed by atoms with E-state index < -0.39 is 0 Å². The lowest BCUT2D eigenvalue weighted by Gasteiger charge is -2.04. The van der Waals surface area contributed by atoms with E-state index in [1.54, 1.807) is 0 Å². The molecule has 0 bridgehead atoms. The minimum absolute atomic E-state index is 1.25. The van der Waals surface area contributed by atoms with Gasteiger partial charge in [0, 0.05) is 0 Å². The van der Waals surface area contributed by atoms with E-state index in [4.69, 9.17) is 0 Å². The van der Waals surface area contributed by atoms with E-state index >= 15 is 0 Å². The highest BCUT2D eigenvalue weighted by Crippen LogP contribution is 2.15. The second kappa shape index (κ2) is 24.0. The van der Waals surface area contributed by atoms with E-state index in [1.807, 2.05) is 0 Å². The lowest BCUT2D eigenvalue weighted by Crippen LogP contribution is -1.84. The molecule has 0 saturated heterocycles. The Kier molecular flexibility index (Phi) is 24.0. The molecule has 0 nitrogen and oxygen atoms in total. The second-order valence-corrected chi connectivity index (χ2v) is 8.20. The van der Waals surface area contributed by atoms with E-state index in [1.165, 1.54) is 141 Å². The Balaban J connectivity index is 2.94. The summed E-state index contributed by atoms with van der Waals surface area (Å²) in [5, 5.41) is 0. The fourth-order valence-electron chi connectivity index (χ4n) is 3.75. The molecule has 0 aromatic carbocycles. The zero-order chi connectivity index (χ0) is 18.3. The van der Waals surface area contributed by atoms with Gasteiger partial charge >= 0.3 is 0 Å². The van der Waals surface area contributed by atoms with Crippen LogP contribution in [-0.4, -0.2) is 0 Å². The number of hydrogen-bond donors (Lipinski definition) is 0. The third kappa shape index (κ3) is 24.0. The summed E-state index contributed by atoms with van der Waals surface area (Å²) < 4.78 is 0. The minimum atomic E-state index is 1.25. The Hall–Kier alpha value is 0. The summed E-state index contributed by atoms with van der Waals surface area (Å²) in [6.07, 6.45) is 34.5. The molecule has 0 rings (SSSR count). The Morgan fingerprint density at radius 1 is 0.360 bits per heavy atom. The first-order valence-electron chi connectivity index (χ1n) is 12.2. The van der Waals surface area contributed by atoms with Gasteiger partial charge in [-0.3, -0.25) is 0 Å². The highest BCUT2D eigenvalue weighted by atomic mass is 14.0. The van der Waals surface area contributed by atoms with Crippen molar-refractivity contribution in [2.75, 3.05) is 0 Å². The van der Waals surface area contributed by atoms with Gasteiger partial charge in [0.15, 0.2) is 0 Å². The van der Waals surface area contributed by atoms with E-state index in [0.29, 0.717) is 0 Å². The first kappa shape index (κ1) is 25.0. The van der Waals surface area contributed by atoms with Crippen molar-refractivity contribution in [3.8, 4) is 0 Å². The van der Waals surface area contributed by atoms with E-state index in [9.17, 15) is 0 Å². The van der Waals surface area contributed by atoms with Crippen molar-refractivity contribution in [2.45, 2.75) is 155 Å². The normalized spacial score (nSPS) is 11.3. The maximum atomic E-state index is 2.43. The summed E-state index contributed by atoms with van der Waals surface area (Å²) in [5.41, 5.74) is 0. The summed E-state index contributed by atoms with van der Waals surface area (Å²) in [5.74, 6) is 0. The second-order valence-electron chi connectivity index (χ2n) is 8.20. The average molecular weight is 352 g/mol. The molecule has 0 heterocycles. The van der Waals surface area contributed by atoms with Crippen LogP contribution in [-0.2, 0) is 0 Å². The fraction of sp³-hybridized carbons (Fsp3) is 0.960. The molecule has 1 radical (unpaired) electrons. The van der Waals surface area contributed by atoms with Gasteiger partial charge in [0.25, 0.3) is 0 Å². The van der Waals surface area contributed by atoms with Crippen molar-refractivity contribution < 1.29 is 0 Å². The Labute approximate surface area is 161 Å². The van der Waals surface area contributed by atoms with Crippen molar-refractivity contribution in [1.82, 2.24) is 0 Å². The van der Waals surface area contributed by atoms with E-state index in [2.05, 4.69) is 20.3 Å². The number of rotatable bonds is 22. The maximum Gasteiger partial charge on any atom is -0.0389 e. The van der Waals surface area contributed by atoms with Gasteiger partial charge in [-0.2, -0.15) is 0 Å². The molecule has 0 aliphatic rings. The first-order chi connectivity index (χ1) is 12.4. The molecule has 0 fully saturated rings. The van der Waals surface area contributed by atoms with Gasteiger partial charge in [-0.25, -0.2) is 0 Å². The molecule has 25 heavy (non-hydrogen) atoms. The van der Waals surface area contributed by atoms with Crippen LogP contribution in [0.2, 0.25) is 0 Å². The van der Waals surface area contributed by atoms with Crippen LogP contribution in [0.3, 0.4) is 0 Å². The van der Waals surface area contributed by atoms with Crippen LogP contribution < -0.4 is 0 Å². The third-order valence-corrected chi connectivity index (χ3v) is 5.55. The predicted molar refractivity (Wildman–Crippen MR) is 117 cm³/mol. The van der Waals surface area contributed by atoms with Crippen molar-refractivity contribution in [1.29, 1.82) is 0 Å². The summed E-state index contributed by atoms with van der Waals surface area (Å²) in [6, 6.07) is 0. The maximum absolute atomic E-state index is 2.43. The third-order valence-electron chi connectivity index (χ3n) is 5.55. The fourth-order valence-corrected chi connectivity index (χ4v) is 3.75. The molecule has 151 valence electrons. The molecule has 0 atom stereocenters. The lowest BCUT2D eigenvalue weighted by molar-refractivity contribution is 0.521. The number of hydrogen-bond acceptors (Lipinski definition) is 0. The predicted octanol–water partition coefficient (Wildman–Crippen LogP) is 9.81. The molecule has 0 spiro atoms. The van der Waals surface area contributed by atoms with Crippen molar-refractivity contribution in [3.05, 3.63) is 6.42 Å². The van der Waals surface area contributed by atoms with Crippen LogP contribution in [0.5, 0.6) is 0 Å². The van der Waals surface area contributed by atoms with Crippen molar-refractivity contribution >= 4 is 0 Å². The van der Waals surface area contributed by atoms with Gasteiger partial charge in [0.05, 0.1) is 0 Å². The van der Waals surface area contributed by atoms with Crippen LogP contribution in [0, 0.1) is 6.42 Å². The molecule has 0 aliphatic heterocycles. The zero-order valence-electron chi connectivity index (χ0n) is 18.1. The first-order valence-corrected chi connectivity index (χ1v) is 12.2. The molecular formula is C25H51. The van der Waals surface area contributed by atoms with Crippen molar-refractivity contribution in [2.24, 2.45) is 0 Å². The number of unbranched alkanes of at least 4 members (excludes halogenated alkanes) is 22. The summed E-state index contributed by atoms with van der Waals surface area (Å²) in [7, 11) is 0. The Morgan fingerprint density at radius 2 is 0.640 bits per heavy atom. The van der Waals surface area contributed by atoms with Gasteiger partial charge in [0.1, 0.15) is 0 Å². The van der Waals surface area contributed by atoms with Gasteiger partial charge in [-0.1, -0.05) is 155 Å². The van der Waals surface area contributed by atoms with Crippen LogP contribution in [0.1, 0.15) is 155 Å². The smallest absolute Gasteiger partial charge is 0.0389 e. The van der Waals surface area contributed by atoms with Gasteiger partial charge in [0.2, 0.25) is 0 Å². The van der Waals surface area contributed by atoms with Crippen LogP contribution >= 0.6 is 0 Å². The zero-order valence-corrected chi connectivity index (χ0v) is 18.1. The van der Waals surface area contributed by atoms with Gasteiger partial charge in [-0.15, -0.1) is 0 Å². The van der Waals surface area contributed by atoms with E-state index in [0.717, 1.165) is 0 Å². The molecule has 0 N–H and O–H groups in total. The Morgan fingerprint density at radius 3 is 0.920 bits per heavy atom. The monoisotopic (exact) mass is 351 g/mol. The van der Waals surface area contributed by atoms with Crippen LogP contribution in [0.15, 0.2) is 0 Å². The van der Waals surface area contributed by atoms with Gasteiger partial charge in [-0.05, 0) is 6.42 Å². The molecule has 0 aromatic heterocycles.